The topological polar surface area (TPSA) is 97.2 Å². The predicted octanol–water partition coefficient (Wildman–Crippen LogP) is 2.82. The van der Waals surface area contributed by atoms with Crippen molar-refractivity contribution < 1.29 is 13.2 Å². The van der Waals surface area contributed by atoms with Crippen molar-refractivity contribution in [3.05, 3.63) is 58.9 Å². The highest BCUT2D eigenvalue weighted by molar-refractivity contribution is 7.99. The second-order valence-electron chi connectivity index (χ2n) is 7.00. The number of hydrogen-bond acceptors (Lipinski definition) is 6. The van der Waals surface area contributed by atoms with E-state index in [0.717, 1.165) is 22.5 Å². The molecule has 0 radical (unpaired) electrons. The van der Waals surface area contributed by atoms with Gasteiger partial charge in [-0.25, -0.2) is 13.1 Å². The van der Waals surface area contributed by atoms with Gasteiger partial charge in [0.05, 0.1) is 16.3 Å². The van der Waals surface area contributed by atoms with Crippen molar-refractivity contribution in [1.82, 2.24) is 19.5 Å². The van der Waals surface area contributed by atoms with Crippen molar-refractivity contribution in [3.63, 3.8) is 0 Å². The molecule has 0 fully saturated rings. The summed E-state index contributed by atoms with van der Waals surface area (Å²) in [5.74, 6) is 0.0957. The predicted molar refractivity (Wildman–Crippen MR) is 121 cm³/mol. The van der Waals surface area contributed by atoms with Gasteiger partial charge in [0.2, 0.25) is 15.9 Å². The molecule has 2 aromatic carbocycles. The third-order valence-electron chi connectivity index (χ3n) is 5.10. The molecule has 0 spiro atoms. The SMILES string of the molecule is CNS(=O)(=O)c1ccc2c(c1)CCN2C(=O)CSc1nncn1-c1ccc(C)c(Cl)c1. The van der Waals surface area contributed by atoms with Crippen LogP contribution in [-0.4, -0.2) is 48.4 Å². The van der Waals surface area contributed by atoms with Crippen molar-refractivity contribution in [2.24, 2.45) is 0 Å². The van der Waals surface area contributed by atoms with E-state index in [4.69, 9.17) is 11.6 Å². The van der Waals surface area contributed by atoms with Crippen LogP contribution in [0.5, 0.6) is 0 Å². The largest absolute Gasteiger partial charge is 0.311 e. The first-order valence-electron chi connectivity index (χ1n) is 9.46. The van der Waals surface area contributed by atoms with E-state index in [1.807, 2.05) is 25.1 Å². The van der Waals surface area contributed by atoms with E-state index in [1.54, 1.807) is 27.9 Å². The van der Waals surface area contributed by atoms with Crippen LogP contribution >= 0.6 is 23.4 Å². The molecule has 0 saturated carbocycles. The maximum atomic E-state index is 12.9. The van der Waals surface area contributed by atoms with Gasteiger partial charge in [0, 0.05) is 17.3 Å². The third-order valence-corrected chi connectivity index (χ3v) is 7.85. The number of fused-ring (bicyclic) bond motifs is 1. The van der Waals surface area contributed by atoms with Gasteiger partial charge in [-0.3, -0.25) is 9.36 Å². The summed E-state index contributed by atoms with van der Waals surface area (Å²) in [6.07, 6.45) is 2.19. The zero-order valence-corrected chi connectivity index (χ0v) is 19.3. The fourth-order valence-electron chi connectivity index (χ4n) is 3.36. The monoisotopic (exact) mass is 477 g/mol. The fourth-order valence-corrected chi connectivity index (χ4v) is 5.12. The molecule has 1 aromatic heterocycles. The number of aryl methyl sites for hydroxylation is 1. The van der Waals surface area contributed by atoms with E-state index >= 15 is 0 Å². The Balaban J connectivity index is 1.48. The van der Waals surface area contributed by atoms with E-state index in [2.05, 4.69) is 14.9 Å². The van der Waals surface area contributed by atoms with Crippen molar-refractivity contribution in [1.29, 1.82) is 0 Å². The number of hydrogen-bond donors (Lipinski definition) is 1. The zero-order valence-electron chi connectivity index (χ0n) is 16.9. The number of thioether (sulfide) groups is 1. The van der Waals surface area contributed by atoms with Gasteiger partial charge >= 0.3 is 0 Å². The van der Waals surface area contributed by atoms with Gasteiger partial charge in [-0.05, 0) is 61.9 Å². The summed E-state index contributed by atoms with van der Waals surface area (Å²) in [4.78, 5) is 14.8. The first-order valence-corrected chi connectivity index (χ1v) is 12.3. The lowest BCUT2D eigenvalue weighted by Crippen LogP contribution is -2.30. The summed E-state index contributed by atoms with van der Waals surface area (Å²) in [6, 6.07) is 10.5. The maximum absolute atomic E-state index is 12.9. The Morgan fingerprint density at radius 1 is 1.26 bits per heavy atom. The first kappa shape index (κ1) is 21.8. The van der Waals surface area contributed by atoms with Crippen LogP contribution in [0.1, 0.15) is 11.1 Å². The molecule has 1 aliphatic rings. The highest BCUT2D eigenvalue weighted by atomic mass is 35.5. The lowest BCUT2D eigenvalue weighted by Gasteiger charge is -2.17. The number of sulfonamides is 1. The fraction of sp³-hybridized carbons (Fsp3) is 0.250. The maximum Gasteiger partial charge on any atom is 0.240 e. The number of nitrogens with zero attached hydrogens (tertiary/aromatic N) is 4. The van der Waals surface area contributed by atoms with Gasteiger partial charge in [0.25, 0.3) is 0 Å². The van der Waals surface area contributed by atoms with E-state index in [1.165, 1.54) is 24.9 Å². The van der Waals surface area contributed by atoms with Crippen LogP contribution in [0.4, 0.5) is 5.69 Å². The molecule has 1 aliphatic heterocycles. The van der Waals surface area contributed by atoms with Crippen LogP contribution in [0.15, 0.2) is 52.8 Å². The van der Waals surface area contributed by atoms with E-state index in [9.17, 15) is 13.2 Å². The number of aromatic nitrogens is 3. The lowest BCUT2D eigenvalue weighted by atomic mass is 10.2. The van der Waals surface area contributed by atoms with E-state index < -0.39 is 10.0 Å². The molecule has 31 heavy (non-hydrogen) atoms. The van der Waals surface area contributed by atoms with Crippen molar-refractivity contribution in [2.45, 2.75) is 23.4 Å². The van der Waals surface area contributed by atoms with Gasteiger partial charge in [-0.1, -0.05) is 29.4 Å². The Hall–Kier alpha value is -2.40. The van der Waals surface area contributed by atoms with E-state index in [0.29, 0.717) is 23.1 Å². The van der Waals surface area contributed by atoms with Crippen molar-refractivity contribution in [3.8, 4) is 5.69 Å². The van der Waals surface area contributed by atoms with Gasteiger partial charge in [0.1, 0.15) is 6.33 Å². The smallest absolute Gasteiger partial charge is 0.240 e. The minimum absolute atomic E-state index is 0.0792. The Bertz CT molecular complexity index is 1260. The number of benzene rings is 2. The standard InChI is InChI=1S/C20H20ClN5O3S2/c1-13-3-4-15(10-17(13)21)26-12-23-24-20(26)30-11-19(27)25-8-7-14-9-16(5-6-18(14)25)31(28,29)22-2/h3-6,9-10,12,22H,7-8,11H2,1-2H3. The molecule has 0 unspecified atom stereocenters. The van der Waals surface area contributed by atoms with Gasteiger partial charge in [0.15, 0.2) is 5.16 Å². The lowest BCUT2D eigenvalue weighted by molar-refractivity contribution is -0.116. The summed E-state index contributed by atoms with van der Waals surface area (Å²) in [5.41, 5.74) is 3.38. The second-order valence-corrected chi connectivity index (χ2v) is 10.2. The number of halogens is 1. The average molecular weight is 478 g/mol. The molecule has 3 aromatic rings. The highest BCUT2D eigenvalue weighted by Gasteiger charge is 2.26. The van der Waals surface area contributed by atoms with Gasteiger partial charge < -0.3 is 4.90 Å². The van der Waals surface area contributed by atoms with Crippen LogP contribution < -0.4 is 9.62 Å². The number of nitrogens with one attached hydrogen (secondary N) is 1. The molecule has 4 rings (SSSR count). The molecule has 1 N–H and O–H groups in total. The molecule has 0 atom stereocenters. The first-order chi connectivity index (χ1) is 14.8. The van der Waals surface area contributed by atoms with Crippen LogP contribution in [0.3, 0.4) is 0 Å². The van der Waals surface area contributed by atoms with Crippen LogP contribution in [0.25, 0.3) is 5.69 Å². The summed E-state index contributed by atoms with van der Waals surface area (Å²) < 4.78 is 28.1. The molecule has 0 aliphatic carbocycles. The summed E-state index contributed by atoms with van der Waals surface area (Å²) in [6.45, 7) is 2.44. The molecule has 162 valence electrons. The molecule has 1 amide bonds. The average Bonchev–Trinajstić information content (AvgIpc) is 3.40. The quantitative estimate of drug-likeness (QED) is 0.548. The Morgan fingerprint density at radius 3 is 2.81 bits per heavy atom. The Labute approximate surface area is 189 Å². The van der Waals surface area contributed by atoms with Gasteiger partial charge in [-0.2, -0.15) is 0 Å². The minimum Gasteiger partial charge on any atom is -0.311 e. The summed E-state index contributed by atoms with van der Waals surface area (Å²) in [5, 5.41) is 9.32. The molecule has 2 heterocycles. The zero-order chi connectivity index (χ0) is 22.2. The number of rotatable bonds is 6. The molecule has 0 bridgehead atoms. The molecular weight excluding hydrogens is 458 g/mol. The number of carbonyl (C=O) groups is 1. The molecular formula is C20H20ClN5O3S2. The van der Waals surface area contributed by atoms with Gasteiger partial charge in [-0.15, -0.1) is 10.2 Å². The van der Waals surface area contributed by atoms with Crippen molar-refractivity contribution >= 4 is 45.0 Å². The van der Waals surface area contributed by atoms with Crippen LogP contribution in [0, 0.1) is 6.92 Å². The number of carbonyl (C=O) groups excluding carboxylic acids is 1. The van der Waals surface area contributed by atoms with Crippen LogP contribution in [0.2, 0.25) is 5.02 Å². The van der Waals surface area contributed by atoms with Crippen LogP contribution in [-0.2, 0) is 21.2 Å². The van der Waals surface area contributed by atoms with E-state index in [-0.39, 0.29) is 16.6 Å². The summed E-state index contributed by atoms with van der Waals surface area (Å²) >= 11 is 7.52. The summed E-state index contributed by atoms with van der Waals surface area (Å²) in [7, 11) is -2.15. The minimum atomic E-state index is -3.52. The number of anilines is 1. The normalized spacial score (nSPS) is 13.5. The highest BCUT2D eigenvalue weighted by Crippen LogP contribution is 2.31. The molecule has 0 saturated heterocycles. The molecule has 11 heteroatoms. The van der Waals surface area contributed by atoms with Crippen molar-refractivity contribution in [2.75, 3.05) is 24.2 Å². The molecule has 8 nitrogen and oxygen atoms in total. The number of amides is 1. The second kappa shape index (κ2) is 8.62. The Morgan fingerprint density at radius 2 is 2.06 bits per heavy atom. The third kappa shape index (κ3) is 4.33. The Kier molecular flexibility index (Phi) is 6.07.